The van der Waals surface area contributed by atoms with Crippen molar-refractivity contribution < 1.29 is 0 Å². The van der Waals surface area contributed by atoms with E-state index >= 15 is 0 Å². The molecule has 2 aliphatic rings. The molecule has 0 amide bonds. The lowest BCUT2D eigenvalue weighted by atomic mass is 9.81. The fraction of sp³-hybridized carbons (Fsp3) is 0.778. The van der Waals surface area contributed by atoms with Gasteiger partial charge in [-0.05, 0) is 25.7 Å². The van der Waals surface area contributed by atoms with E-state index in [2.05, 4.69) is 11.2 Å². The lowest BCUT2D eigenvalue weighted by molar-refractivity contribution is 0.275. The number of hydrogen-bond donors (Lipinski definition) is 1. The first kappa shape index (κ1) is 6.24. The molecule has 0 radical (unpaired) electrons. The van der Waals surface area contributed by atoms with E-state index in [1.807, 2.05) is 0 Å². The van der Waals surface area contributed by atoms with Crippen molar-refractivity contribution in [1.82, 2.24) is 5.32 Å². The van der Waals surface area contributed by atoms with E-state index in [9.17, 15) is 0 Å². The second kappa shape index (κ2) is 2.29. The van der Waals surface area contributed by atoms with Crippen molar-refractivity contribution in [1.29, 1.82) is 0 Å². The van der Waals surface area contributed by atoms with Gasteiger partial charge in [-0.15, -0.1) is 12.3 Å². The standard InChI is InChI=1S/C9H13N/c1-2-7-5-9(6-7)10-8-3-4-8/h1,7-10H,3-6H2. The molecule has 0 aliphatic heterocycles. The zero-order valence-corrected chi connectivity index (χ0v) is 6.14. The molecule has 10 heavy (non-hydrogen) atoms. The molecular weight excluding hydrogens is 122 g/mol. The Balaban J connectivity index is 1.66. The van der Waals surface area contributed by atoms with Crippen molar-refractivity contribution in [2.24, 2.45) is 5.92 Å². The zero-order chi connectivity index (χ0) is 6.97. The summed E-state index contributed by atoms with van der Waals surface area (Å²) in [6, 6.07) is 1.61. The Morgan fingerprint density at radius 2 is 1.90 bits per heavy atom. The Labute approximate surface area is 62.2 Å². The highest BCUT2D eigenvalue weighted by Crippen LogP contribution is 2.30. The minimum atomic E-state index is 0.580. The molecule has 0 heterocycles. The van der Waals surface area contributed by atoms with Gasteiger partial charge in [0.2, 0.25) is 0 Å². The van der Waals surface area contributed by atoms with Crippen LogP contribution in [0.5, 0.6) is 0 Å². The number of hydrogen-bond acceptors (Lipinski definition) is 1. The smallest absolute Gasteiger partial charge is 0.0229 e. The van der Waals surface area contributed by atoms with Crippen molar-refractivity contribution in [2.75, 3.05) is 0 Å². The van der Waals surface area contributed by atoms with Gasteiger partial charge < -0.3 is 5.32 Å². The van der Waals surface area contributed by atoms with Crippen LogP contribution in [-0.2, 0) is 0 Å². The maximum atomic E-state index is 5.26. The minimum Gasteiger partial charge on any atom is -0.311 e. The summed E-state index contributed by atoms with van der Waals surface area (Å²) in [6.45, 7) is 0. The van der Waals surface area contributed by atoms with Crippen molar-refractivity contribution in [3.05, 3.63) is 0 Å². The minimum absolute atomic E-state index is 0.580. The molecule has 1 heteroatoms. The van der Waals surface area contributed by atoms with E-state index in [4.69, 9.17) is 6.42 Å². The number of terminal acetylenes is 1. The van der Waals surface area contributed by atoms with Crippen LogP contribution in [0.3, 0.4) is 0 Å². The third-order valence-corrected chi connectivity index (χ3v) is 2.42. The molecule has 0 aromatic rings. The summed E-state index contributed by atoms with van der Waals surface area (Å²) in [5, 5.41) is 3.56. The fourth-order valence-corrected chi connectivity index (χ4v) is 1.47. The van der Waals surface area contributed by atoms with Gasteiger partial charge in [-0.25, -0.2) is 0 Å². The summed E-state index contributed by atoms with van der Waals surface area (Å²) in [6.07, 6.45) is 10.5. The Kier molecular flexibility index (Phi) is 1.43. The highest BCUT2D eigenvalue weighted by atomic mass is 15.0. The van der Waals surface area contributed by atoms with Gasteiger partial charge in [-0.2, -0.15) is 0 Å². The first-order chi connectivity index (χ1) is 4.88. The van der Waals surface area contributed by atoms with E-state index in [1.54, 1.807) is 0 Å². The second-order valence-electron chi connectivity index (χ2n) is 3.47. The van der Waals surface area contributed by atoms with Gasteiger partial charge in [-0.1, -0.05) is 0 Å². The van der Waals surface area contributed by atoms with Crippen molar-refractivity contribution in [2.45, 2.75) is 37.8 Å². The molecule has 0 unspecified atom stereocenters. The van der Waals surface area contributed by atoms with Crippen LogP contribution in [-0.4, -0.2) is 12.1 Å². The van der Waals surface area contributed by atoms with Crippen molar-refractivity contribution >= 4 is 0 Å². The van der Waals surface area contributed by atoms with Crippen molar-refractivity contribution in [3.8, 4) is 12.3 Å². The molecule has 0 aromatic carbocycles. The lowest BCUT2D eigenvalue weighted by Crippen LogP contribution is -2.41. The highest BCUT2D eigenvalue weighted by molar-refractivity contribution is 5.04. The summed E-state index contributed by atoms with van der Waals surface area (Å²) in [4.78, 5) is 0. The van der Waals surface area contributed by atoms with Crippen LogP contribution in [0.2, 0.25) is 0 Å². The van der Waals surface area contributed by atoms with Crippen LogP contribution < -0.4 is 5.32 Å². The van der Waals surface area contributed by atoms with Crippen LogP contribution >= 0.6 is 0 Å². The Morgan fingerprint density at radius 1 is 1.20 bits per heavy atom. The van der Waals surface area contributed by atoms with E-state index in [-0.39, 0.29) is 0 Å². The van der Waals surface area contributed by atoms with Crippen LogP contribution in [0.15, 0.2) is 0 Å². The largest absolute Gasteiger partial charge is 0.311 e. The predicted molar refractivity (Wildman–Crippen MR) is 41.5 cm³/mol. The predicted octanol–water partition coefficient (Wildman–Crippen LogP) is 1.15. The van der Waals surface area contributed by atoms with Gasteiger partial charge in [0, 0.05) is 18.0 Å². The summed E-state index contributed by atoms with van der Waals surface area (Å²) in [5.74, 6) is 3.36. The van der Waals surface area contributed by atoms with E-state index in [0.29, 0.717) is 5.92 Å². The second-order valence-corrected chi connectivity index (χ2v) is 3.47. The Hall–Kier alpha value is -0.480. The lowest BCUT2D eigenvalue weighted by Gasteiger charge is -2.32. The number of nitrogens with one attached hydrogen (secondary N) is 1. The first-order valence-electron chi connectivity index (χ1n) is 4.10. The molecule has 0 atom stereocenters. The first-order valence-corrected chi connectivity index (χ1v) is 4.10. The summed E-state index contributed by atoms with van der Waals surface area (Å²) in [7, 11) is 0. The third-order valence-electron chi connectivity index (χ3n) is 2.42. The molecule has 1 nitrogen and oxygen atoms in total. The molecule has 0 spiro atoms. The van der Waals surface area contributed by atoms with Gasteiger partial charge in [0.1, 0.15) is 0 Å². The maximum absolute atomic E-state index is 5.26. The normalized spacial score (nSPS) is 38.3. The number of rotatable bonds is 2. The SMILES string of the molecule is C#CC1CC(NC2CC2)C1. The van der Waals surface area contributed by atoms with Gasteiger partial charge in [0.25, 0.3) is 0 Å². The van der Waals surface area contributed by atoms with Gasteiger partial charge >= 0.3 is 0 Å². The Morgan fingerprint density at radius 3 is 2.40 bits per heavy atom. The monoisotopic (exact) mass is 135 g/mol. The quantitative estimate of drug-likeness (QED) is 0.560. The maximum Gasteiger partial charge on any atom is 0.0229 e. The molecule has 2 rings (SSSR count). The summed E-state index contributed by atoms with van der Waals surface area (Å²) >= 11 is 0. The highest BCUT2D eigenvalue weighted by Gasteiger charge is 2.32. The van der Waals surface area contributed by atoms with E-state index < -0.39 is 0 Å². The van der Waals surface area contributed by atoms with Crippen LogP contribution in [0.1, 0.15) is 25.7 Å². The van der Waals surface area contributed by atoms with Crippen LogP contribution in [0.4, 0.5) is 0 Å². The van der Waals surface area contributed by atoms with E-state index in [1.165, 1.54) is 25.7 Å². The Bertz CT molecular complexity index is 158. The van der Waals surface area contributed by atoms with E-state index in [0.717, 1.165) is 12.1 Å². The fourth-order valence-electron chi connectivity index (χ4n) is 1.47. The topological polar surface area (TPSA) is 12.0 Å². The molecule has 2 fully saturated rings. The molecule has 2 aliphatic carbocycles. The molecule has 0 saturated heterocycles. The van der Waals surface area contributed by atoms with Crippen molar-refractivity contribution in [3.63, 3.8) is 0 Å². The molecular formula is C9H13N. The molecule has 54 valence electrons. The average Bonchev–Trinajstić information content (AvgIpc) is 2.60. The van der Waals surface area contributed by atoms with Gasteiger partial charge in [0.05, 0.1) is 0 Å². The molecule has 2 saturated carbocycles. The molecule has 1 N–H and O–H groups in total. The molecule has 0 aromatic heterocycles. The third kappa shape index (κ3) is 1.17. The van der Waals surface area contributed by atoms with Gasteiger partial charge in [0.15, 0.2) is 0 Å². The molecule has 0 bridgehead atoms. The summed E-state index contributed by atoms with van der Waals surface area (Å²) in [5.41, 5.74) is 0. The zero-order valence-electron chi connectivity index (χ0n) is 6.14. The average molecular weight is 135 g/mol. The van der Waals surface area contributed by atoms with Crippen LogP contribution in [0, 0.1) is 18.3 Å². The van der Waals surface area contributed by atoms with Gasteiger partial charge in [-0.3, -0.25) is 0 Å². The van der Waals surface area contributed by atoms with Crippen LogP contribution in [0.25, 0.3) is 0 Å². The summed E-state index contributed by atoms with van der Waals surface area (Å²) < 4.78 is 0.